The predicted molar refractivity (Wildman–Crippen MR) is 70.2 cm³/mol. The van der Waals surface area contributed by atoms with E-state index in [2.05, 4.69) is 36.3 Å². The van der Waals surface area contributed by atoms with Gasteiger partial charge in [-0.2, -0.15) is 0 Å². The van der Waals surface area contributed by atoms with Crippen LogP contribution in [-0.2, 0) is 0 Å². The SMILES string of the molecule is CC(=O)c1nnn(-c2ccc(C(C)C)cc2)c1C. The molecule has 18 heavy (non-hydrogen) atoms. The number of carbonyl (C=O) groups is 1. The van der Waals surface area contributed by atoms with Crippen molar-refractivity contribution in [3.63, 3.8) is 0 Å². The highest BCUT2D eigenvalue weighted by atomic mass is 16.1. The summed E-state index contributed by atoms with van der Waals surface area (Å²) in [7, 11) is 0. The zero-order valence-corrected chi connectivity index (χ0v) is 11.1. The van der Waals surface area contributed by atoms with Crippen molar-refractivity contribution >= 4 is 5.78 Å². The molecule has 0 N–H and O–H groups in total. The molecule has 1 heterocycles. The van der Waals surface area contributed by atoms with Crippen molar-refractivity contribution in [3.05, 3.63) is 41.2 Å². The van der Waals surface area contributed by atoms with Crippen LogP contribution >= 0.6 is 0 Å². The number of ketones is 1. The molecule has 4 nitrogen and oxygen atoms in total. The maximum atomic E-state index is 11.3. The number of Topliss-reactive ketones (excluding diaryl/α,β-unsaturated/α-hetero) is 1. The van der Waals surface area contributed by atoms with Gasteiger partial charge >= 0.3 is 0 Å². The average Bonchev–Trinajstić information content (AvgIpc) is 2.71. The number of carbonyl (C=O) groups excluding carboxylic acids is 1. The molecule has 0 unspecified atom stereocenters. The molecule has 0 radical (unpaired) electrons. The van der Waals surface area contributed by atoms with Crippen LogP contribution in [0.15, 0.2) is 24.3 Å². The Balaban J connectivity index is 2.40. The molecule has 0 saturated carbocycles. The molecule has 0 saturated heterocycles. The van der Waals surface area contributed by atoms with Gasteiger partial charge in [0.1, 0.15) is 0 Å². The molecular formula is C14H17N3O. The van der Waals surface area contributed by atoms with E-state index in [9.17, 15) is 4.79 Å². The van der Waals surface area contributed by atoms with Crippen LogP contribution in [0.1, 0.15) is 48.4 Å². The molecule has 0 spiro atoms. The van der Waals surface area contributed by atoms with E-state index in [1.807, 2.05) is 19.1 Å². The van der Waals surface area contributed by atoms with Crippen LogP contribution in [0, 0.1) is 6.92 Å². The molecule has 0 fully saturated rings. The molecule has 2 aromatic rings. The molecule has 0 amide bonds. The first-order valence-corrected chi connectivity index (χ1v) is 6.04. The van der Waals surface area contributed by atoms with Crippen molar-refractivity contribution in [2.24, 2.45) is 0 Å². The van der Waals surface area contributed by atoms with Crippen LogP contribution in [0.5, 0.6) is 0 Å². The Bertz CT molecular complexity index is 567. The Morgan fingerprint density at radius 1 is 1.22 bits per heavy atom. The lowest BCUT2D eigenvalue weighted by Gasteiger charge is -2.07. The van der Waals surface area contributed by atoms with Gasteiger partial charge < -0.3 is 0 Å². The Labute approximate surface area is 107 Å². The zero-order chi connectivity index (χ0) is 13.3. The third-order valence-electron chi connectivity index (χ3n) is 3.03. The van der Waals surface area contributed by atoms with E-state index in [1.54, 1.807) is 4.68 Å². The molecule has 0 aliphatic rings. The number of nitrogens with zero attached hydrogens (tertiary/aromatic N) is 3. The highest BCUT2D eigenvalue weighted by Gasteiger charge is 2.13. The van der Waals surface area contributed by atoms with E-state index in [0.29, 0.717) is 11.6 Å². The van der Waals surface area contributed by atoms with Crippen LogP contribution < -0.4 is 0 Å². The van der Waals surface area contributed by atoms with E-state index in [0.717, 1.165) is 11.4 Å². The van der Waals surface area contributed by atoms with Crippen LogP contribution in [0.3, 0.4) is 0 Å². The van der Waals surface area contributed by atoms with Crippen LogP contribution in [-0.4, -0.2) is 20.8 Å². The molecule has 2 rings (SSSR count). The number of aromatic nitrogens is 3. The van der Waals surface area contributed by atoms with Crippen molar-refractivity contribution in [2.75, 3.05) is 0 Å². The highest BCUT2D eigenvalue weighted by molar-refractivity contribution is 5.93. The van der Waals surface area contributed by atoms with Crippen molar-refractivity contribution in [1.82, 2.24) is 15.0 Å². The first-order chi connectivity index (χ1) is 8.50. The fourth-order valence-corrected chi connectivity index (χ4v) is 1.90. The molecule has 1 aromatic heterocycles. The minimum Gasteiger partial charge on any atom is -0.293 e. The van der Waals surface area contributed by atoms with Gasteiger partial charge in [-0.1, -0.05) is 31.2 Å². The molecule has 4 heteroatoms. The first kappa shape index (κ1) is 12.5. The van der Waals surface area contributed by atoms with Gasteiger partial charge in [0.25, 0.3) is 0 Å². The lowest BCUT2D eigenvalue weighted by Crippen LogP contribution is -2.01. The lowest BCUT2D eigenvalue weighted by molar-refractivity contribution is 0.101. The summed E-state index contributed by atoms with van der Waals surface area (Å²) in [4.78, 5) is 11.3. The smallest absolute Gasteiger partial charge is 0.181 e. The molecule has 0 aliphatic carbocycles. The standard InChI is InChI=1S/C14H17N3O/c1-9(2)12-5-7-13(8-6-12)17-10(3)14(11(4)18)15-16-17/h5-9H,1-4H3. The number of benzene rings is 1. The first-order valence-electron chi connectivity index (χ1n) is 6.04. The third-order valence-corrected chi connectivity index (χ3v) is 3.03. The molecule has 0 aliphatic heterocycles. The summed E-state index contributed by atoms with van der Waals surface area (Å²) in [5.74, 6) is 0.446. The summed E-state index contributed by atoms with van der Waals surface area (Å²) in [5.41, 5.74) is 3.42. The van der Waals surface area contributed by atoms with Crippen molar-refractivity contribution in [1.29, 1.82) is 0 Å². The average molecular weight is 243 g/mol. The van der Waals surface area contributed by atoms with Crippen LogP contribution in [0.2, 0.25) is 0 Å². The Hall–Kier alpha value is -1.97. The van der Waals surface area contributed by atoms with Gasteiger partial charge in [0, 0.05) is 6.92 Å². The minimum absolute atomic E-state index is 0.0578. The topological polar surface area (TPSA) is 47.8 Å². The maximum Gasteiger partial charge on any atom is 0.181 e. The Morgan fingerprint density at radius 3 is 2.28 bits per heavy atom. The van der Waals surface area contributed by atoms with Crippen LogP contribution in [0.25, 0.3) is 5.69 Å². The second-order valence-corrected chi connectivity index (χ2v) is 4.74. The van der Waals surface area contributed by atoms with Gasteiger partial charge in [-0.15, -0.1) is 5.10 Å². The molecule has 1 aromatic carbocycles. The second kappa shape index (κ2) is 4.72. The third kappa shape index (κ3) is 2.18. The maximum absolute atomic E-state index is 11.3. The Kier molecular flexibility index (Phi) is 3.28. The predicted octanol–water partition coefficient (Wildman–Crippen LogP) is 2.90. The van der Waals surface area contributed by atoms with Gasteiger partial charge in [0.2, 0.25) is 0 Å². The van der Waals surface area contributed by atoms with Crippen molar-refractivity contribution in [3.8, 4) is 5.69 Å². The zero-order valence-electron chi connectivity index (χ0n) is 11.1. The van der Waals surface area contributed by atoms with Gasteiger partial charge in [0.05, 0.1) is 11.4 Å². The van der Waals surface area contributed by atoms with Gasteiger partial charge in [-0.05, 0) is 30.5 Å². The van der Waals surface area contributed by atoms with Gasteiger partial charge in [-0.25, -0.2) is 4.68 Å². The molecular weight excluding hydrogens is 226 g/mol. The molecule has 0 atom stereocenters. The van der Waals surface area contributed by atoms with Crippen LogP contribution in [0.4, 0.5) is 0 Å². The minimum atomic E-state index is -0.0578. The number of rotatable bonds is 3. The Morgan fingerprint density at radius 2 is 1.83 bits per heavy atom. The summed E-state index contributed by atoms with van der Waals surface area (Å²) in [5, 5.41) is 7.94. The summed E-state index contributed by atoms with van der Waals surface area (Å²) in [6, 6.07) is 8.16. The quantitative estimate of drug-likeness (QED) is 0.779. The highest BCUT2D eigenvalue weighted by Crippen LogP contribution is 2.18. The van der Waals surface area contributed by atoms with E-state index >= 15 is 0 Å². The number of hydrogen-bond donors (Lipinski definition) is 0. The van der Waals surface area contributed by atoms with Gasteiger partial charge in [-0.3, -0.25) is 4.79 Å². The lowest BCUT2D eigenvalue weighted by atomic mass is 10.0. The van der Waals surface area contributed by atoms with E-state index in [4.69, 9.17) is 0 Å². The van der Waals surface area contributed by atoms with E-state index < -0.39 is 0 Å². The fraction of sp³-hybridized carbons (Fsp3) is 0.357. The monoisotopic (exact) mass is 243 g/mol. The summed E-state index contributed by atoms with van der Waals surface area (Å²) >= 11 is 0. The number of hydrogen-bond acceptors (Lipinski definition) is 3. The normalized spacial score (nSPS) is 10.9. The molecule has 94 valence electrons. The molecule has 0 bridgehead atoms. The van der Waals surface area contributed by atoms with E-state index in [1.165, 1.54) is 12.5 Å². The van der Waals surface area contributed by atoms with Crippen molar-refractivity contribution < 1.29 is 4.79 Å². The summed E-state index contributed by atoms with van der Waals surface area (Å²) in [6.07, 6.45) is 0. The summed E-state index contributed by atoms with van der Waals surface area (Å²) in [6.45, 7) is 7.67. The fourth-order valence-electron chi connectivity index (χ4n) is 1.90. The van der Waals surface area contributed by atoms with E-state index in [-0.39, 0.29) is 5.78 Å². The van der Waals surface area contributed by atoms with Crippen molar-refractivity contribution in [2.45, 2.75) is 33.6 Å². The van der Waals surface area contributed by atoms with Gasteiger partial charge in [0.15, 0.2) is 11.5 Å². The summed E-state index contributed by atoms with van der Waals surface area (Å²) < 4.78 is 1.70. The largest absolute Gasteiger partial charge is 0.293 e. The second-order valence-electron chi connectivity index (χ2n) is 4.74.